The molecule has 30 heavy (non-hydrogen) atoms. The van der Waals surface area contributed by atoms with E-state index < -0.39 is 35.1 Å². The molecule has 0 aliphatic heterocycles. The van der Waals surface area contributed by atoms with Crippen molar-refractivity contribution < 1.29 is 27.5 Å². The first-order valence-corrected chi connectivity index (χ1v) is 11.0. The molecular weight excluding hydrogens is 408 g/mol. The minimum absolute atomic E-state index is 0.00944. The van der Waals surface area contributed by atoms with E-state index in [2.05, 4.69) is 10.0 Å². The lowest BCUT2D eigenvalue weighted by atomic mass is 9.88. The molecule has 0 aromatic heterocycles. The summed E-state index contributed by atoms with van der Waals surface area (Å²) in [5.41, 5.74) is 2.29. The van der Waals surface area contributed by atoms with Crippen LogP contribution in [0.5, 0.6) is 5.75 Å². The standard InChI is InChI=1S/C21H24N2O6S/c1-28-16-9-11-17(12-10-16)30(26,27)22-13-21(25)29-14-20(24)23-19-8-4-6-15-5-2-3-7-18(15)19/h2-3,5,7,9-12,19,22H,4,6,8,13-14H2,1H3,(H,23,24). The molecule has 2 aromatic carbocycles. The number of carbonyl (C=O) groups excluding carboxylic acids is 2. The second-order valence-corrected chi connectivity index (χ2v) is 8.64. The van der Waals surface area contributed by atoms with Crippen LogP contribution in [0, 0.1) is 0 Å². The van der Waals surface area contributed by atoms with Gasteiger partial charge in [-0.25, -0.2) is 8.42 Å². The number of amides is 1. The minimum Gasteiger partial charge on any atom is -0.497 e. The lowest BCUT2D eigenvalue weighted by molar-refractivity contribution is -0.147. The topological polar surface area (TPSA) is 111 Å². The summed E-state index contributed by atoms with van der Waals surface area (Å²) in [6.45, 7) is -1.05. The maximum absolute atomic E-state index is 12.2. The number of sulfonamides is 1. The Bertz CT molecular complexity index is 1000. The highest BCUT2D eigenvalue weighted by molar-refractivity contribution is 7.89. The molecule has 0 bridgehead atoms. The number of esters is 1. The molecule has 1 aliphatic rings. The molecule has 2 N–H and O–H groups in total. The summed E-state index contributed by atoms with van der Waals surface area (Å²) in [5.74, 6) is -0.755. The number of hydrogen-bond acceptors (Lipinski definition) is 6. The number of ether oxygens (including phenoxy) is 2. The van der Waals surface area contributed by atoms with Crippen LogP contribution in [0.15, 0.2) is 53.4 Å². The quantitative estimate of drug-likeness (QED) is 0.615. The van der Waals surface area contributed by atoms with Crippen LogP contribution in [0.25, 0.3) is 0 Å². The molecule has 160 valence electrons. The molecule has 0 saturated heterocycles. The summed E-state index contributed by atoms with van der Waals surface area (Å²) >= 11 is 0. The zero-order valence-electron chi connectivity index (χ0n) is 16.6. The predicted molar refractivity (Wildman–Crippen MR) is 109 cm³/mol. The molecule has 0 spiro atoms. The monoisotopic (exact) mass is 432 g/mol. The third-order valence-corrected chi connectivity index (χ3v) is 6.26. The van der Waals surface area contributed by atoms with Crippen LogP contribution >= 0.6 is 0 Å². The van der Waals surface area contributed by atoms with E-state index in [1.807, 2.05) is 24.3 Å². The van der Waals surface area contributed by atoms with Gasteiger partial charge in [0.25, 0.3) is 5.91 Å². The van der Waals surface area contributed by atoms with Crippen molar-refractivity contribution in [1.29, 1.82) is 0 Å². The van der Waals surface area contributed by atoms with E-state index in [0.717, 1.165) is 24.8 Å². The van der Waals surface area contributed by atoms with Gasteiger partial charge >= 0.3 is 5.97 Å². The van der Waals surface area contributed by atoms with Gasteiger partial charge in [0.15, 0.2) is 6.61 Å². The highest BCUT2D eigenvalue weighted by Crippen LogP contribution is 2.29. The van der Waals surface area contributed by atoms with E-state index >= 15 is 0 Å². The highest BCUT2D eigenvalue weighted by Gasteiger charge is 2.22. The molecule has 1 amide bonds. The first kappa shape index (κ1) is 21.8. The Morgan fingerprint density at radius 1 is 1.10 bits per heavy atom. The fourth-order valence-corrected chi connectivity index (χ4v) is 4.30. The summed E-state index contributed by atoms with van der Waals surface area (Å²) in [4.78, 5) is 24.0. The molecule has 2 aromatic rings. The van der Waals surface area contributed by atoms with Gasteiger partial charge in [-0.05, 0) is 54.7 Å². The molecule has 1 unspecified atom stereocenters. The summed E-state index contributed by atoms with van der Waals surface area (Å²) in [7, 11) is -2.41. The Morgan fingerprint density at radius 3 is 2.57 bits per heavy atom. The van der Waals surface area contributed by atoms with Gasteiger partial charge in [-0.15, -0.1) is 0 Å². The van der Waals surface area contributed by atoms with Gasteiger partial charge < -0.3 is 14.8 Å². The lowest BCUT2D eigenvalue weighted by Crippen LogP contribution is -2.36. The molecule has 0 saturated carbocycles. The number of benzene rings is 2. The van der Waals surface area contributed by atoms with Gasteiger partial charge in [-0.3, -0.25) is 9.59 Å². The Morgan fingerprint density at radius 2 is 1.83 bits per heavy atom. The van der Waals surface area contributed by atoms with Crippen molar-refractivity contribution in [2.75, 3.05) is 20.3 Å². The van der Waals surface area contributed by atoms with E-state index in [0.29, 0.717) is 5.75 Å². The first-order valence-electron chi connectivity index (χ1n) is 9.55. The zero-order chi connectivity index (χ0) is 21.6. The van der Waals surface area contributed by atoms with E-state index in [1.165, 1.54) is 36.9 Å². The van der Waals surface area contributed by atoms with E-state index in [9.17, 15) is 18.0 Å². The number of aryl methyl sites for hydroxylation is 1. The molecule has 0 fully saturated rings. The summed E-state index contributed by atoms with van der Waals surface area (Å²) < 4.78 is 36.5. The average Bonchev–Trinajstić information content (AvgIpc) is 2.76. The van der Waals surface area contributed by atoms with Crippen molar-refractivity contribution in [2.45, 2.75) is 30.2 Å². The highest BCUT2D eigenvalue weighted by atomic mass is 32.2. The SMILES string of the molecule is COc1ccc(S(=O)(=O)NCC(=O)OCC(=O)NC2CCCc3ccccc32)cc1. The van der Waals surface area contributed by atoms with Crippen molar-refractivity contribution in [1.82, 2.24) is 10.0 Å². The maximum atomic E-state index is 12.2. The van der Waals surface area contributed by atoms with Gasteiger partial charge in [0.1, 0.15) is 12.3 Å². The molecule has 0 heterocycles. The Labute approximate surface area is 175 Å². The van der Waals surface area contributed by atoms with Crippen LogP contribution in [0.4, 0.5) is 0 Å². The third kappa shape index (κ3) is 5.58. The molecule has 0 radical (unpaired) electrons. The minimum atomic E-state index is -3.88. The molecule has 1 aliphatic carbocycles. The second-order valence-electron chi connectivity index (χ2n) is 6.87. The summed E-state index contributed by atoms with van der Waals surface area (Å²) in [6.07, 6.45) is 2.76. The summed E-state index contributed by atoms with van der Waals surface area (Å²) in [6, 6.07) is 13.5. The van der Waals surface area contributed by atoms with E-state index in [-0.39, 0.29) is 10.9 Å². The second kappa shape index (κ2) is 9.73. The van der Waals surface area contributed by atoms with Crippen LogP contribution < -0.4 is 14.8 Å². The summed E-state index contributed by atoms with van der Waals surface area (Å²) in [5, 5.41) is 2.87. The predicted octanol–water partition coefficient (Wildman–Crippen LogP) is 1.71. The third-order valence-electron chi connectivity index (χ3n) is 4.85. The van der Waals surface area contributed by atoms with Gasteiger partial charge in [0, 0.05) is 0 Å². The van der Waals surface area contributed by atoms with Gasteiger partial charge in [0.2, 0.25) is 10.0 Å². The molecule has 9 heteroatoms. The Balaban J connectivity index is 1.46. The fourth-order valence-electron chi connectivity index (χ4n) is 3.33. The molecular formula is C21H24N2O6S. The average molecular weight is 432 g/mol. The van der Waals surface area contributed by atoms with Crippen molar-refractivity contribution in [2.24, 2.45) is 0 Å². The normalized spacial score (nSPS) is 15.7. The van der Waals surface area contributed by atoms with Crippen LogP contribution in [0.2, 0.25) is 0 Å². The zero-order valence-corrected chi connectivity index (χ0v) is 17.4. The number of rotatable bonds is 8. The van der Waals surface area contributed by atoms with Crippen LogP contribution in [0.1, 0.15) is 30.0 Å². The lowest BCUT2D eigenvalue weighted by Gasteiger charge is -2.26. The maximum Gasteiger partial charge on any atom is 0.321 e. The first-order chi connectivity index (χ1) is 14.4. The number of carbonyl (C=O) groups is 2. The van der Waals surface area contributed by atoms with Crippen LogP contribution in [-0.2, 0) is 30.8 Å². The van der Waals surface area contributed by atoms with Crippen molar-refractivity contribution in [3.8, 4) is 5.75 Å². The number of fused-ring (bicyclic) bond motifs is 1. The van der Waals surface area contributed by atoms with E-state index in [4.69, 9.17) is 9.47 Å². The van der Waals surface area contributed by atoms with Crippen molar-refractivity contribution in [3.63, 3.8) is 0 Å². The van der Waals surface area contributed by atoms with Crippen LogP contribution in [-0.4, -0.2) is 40.6 Å². The largest absolute Gasteiger partial charge is 0.497 e. The van der Waals surface area contributed by atoms with Gasteiger partial charge in [-0.1, -0.05) is 24.3 Å². The molecule has 3 rings (SSSR count). The van der Waals surface area contributed by atoms with Crippen molar-refractivity contribution in [3.05, 3.63) is 59.7 Å². The Hall–Kier alpha value is -2.91. The number of nitrogens with one attached hydrogen (secondary N) is 2. The number of methoxy groups -OCH3 is 1. The smallest absolute Gasteiger partial charge is 0.321 e. The molecule has 8 nitrogen and oxygen atoms in total. The van der Waals surface area contributed by atoms with Gasteiger partial charge in [0.05, 0.1) is 18.0 Å². The number of hydrogen-bond donors (Lipinski definition) is 2. The Kier molecular flexibility index (Phi) is 7.07. The van der Waals surface area contributed by atoms with E-state index in [1.54, 1.807) is 0 Å². The fraction of sp³-hybridized carbons (Fsp3) is 0.333. The van der Waals surface area contributed by atoms with Gasteiger partial charge in [-0.2, -0.15) is 4.72 Å². The van der Waals surface area contributed by atoms with Crippen LogP contribution in [0.3, 0.4) is 0 Å². The van der Waals surface area contributed by atoms with Crippen molar-refractivity contribution >= 4 is 21.9 Å². The molecule has 1 atom stereocenters.